The third-order valence-electron chi connectivity index (χ3n) is 3.91. The number of nitrogens with zero attached hydrogens (tertiary/aromatic N) is 4. The Bertz CT molecular complexity index is 870. The van der Waals surface area contributed by atoms with E-state index < -0.39 is 0 Å². The number of fused-ring (bicyclic) bond motifs is 1. The van der Waals surface area contributed by atoms with Crippen molar-refractivity contribution in [2.24, 2.45) is 0 Å². The molecule has 24 heavy (non-hydrogen) atoms. The highest BCUT2D eigenvalue weighted by molar-refractivity contribution is 7.18. The van der Waals surface area contributed by atoms with Crippen LogP contribution in [0.25, 0.3) is 10.2 Å². The molecule has 0 aliphatic rings. The van der Waals surface area contributed by atoms with E-state index >= 15 is 0 Å². The third-order valence-corrected chi connectivity index (χ3v) is 5.09. The summed E-state index contributed by atoms with van der Waals surface area (Å²) in [7, 11) is 4.04. The molecule has 0 aliphatic carbocycles. The zero-order valence-corrected chi connectivity index (χ0v) is 16.5. The van der Waals surface area contributed by atoms with Crippen molar-refractivity contribution in [3.63, 3.8) is 0 Å². The van der Waals surface area contributed by atoms with Gasteiger partial charge in [-0.05, 0) is 12.5 Å². The molecule has 3 rings (SSSR count). The van der Waals surface area contributed by atoms with Crippen molar-refractivity contribution in [1.82, 2.24) is 9.55 Å². The first-order valence-electron chi connectivity index (χ1n) is 7.72. The first-order chi connectivity index (χ1) is 11.1. The van der Waals surface area contributed by atoms with E-state index in [2.05, 4.69) is 33.5 Å². The van der Waals surface area contributed by atoms with Gasteiger partial charge in [0.05, 0.1) is 18.3 Å². The summed E-state index contributed by atoms with van der Waals surface area (Å²) < 4.78 is 3.77. The molecule has 0 amide bonds. The topological polar surface area (TPSA) is 42.0 Å². The van der Waals surface area contributed by atoms with Crippen LogP contribution < -0.4 is 32.0 Å². The van der Waals surface area contributed by atoms with Crippen LogP contribution in [0.4, 0.5) is 5.69 Å². The molecule has 0 bridgehead atoms. The summed E-state index contributed by atoms with van der Waals surface area (Å²) in [5, 5.41) is 0.738. The Hall–Kier alpha value is -1.73. The fraction of sp³-hybridized carbons (Fsp3) is 0.353. The van der Waals surface area contributed by atoms with Crippen LogP contribution in [0.2, 0.25) is 0 Å². The first kappa shape index (κ1) is 18.6. The largest absolute Gasteiger partial charge is 1.00 e. The van der Waals surface area contributed by atoms with Crippen molar-refractivity contribution >= 4 is 27.2 Å². The van der Waals surface area contributed by atoms with Crippen molar-refractivity contribution in [3.05, 3.63) is 52.2 Å². The quantitative estimate of drug-likeness (QED) is 0.512. The number of halogens is 1. The van der Waals surface area contributed by atoms with Crippen molar-refractivity contribution < 1.29 is 21.5 Å². The standard InChI is InChI=1S/C17H21N4OS.BrH/c1-4-14-11-15-16(23-14)18-12-21(17(15)22)10-9-20-7-5-13(6-8-20)19(2)3;/h5-8,11-12H,4,9-10H2,1-3H3;1H/q+1;/p-1. The highest BCUT2D eigenvalue weighted by atomic mass is 79.9. The van der Waals surface area contributed by atoms with E-state index in [9.17, 15) is 4.79 Å². The molecule has 0 saturated heterocycles. The molecule has 3 heterocycles. The fourth-order valence-corrected chi connectivity index (χ4v) is 3.39. The minimum absolute atomic E-state index is 0. The van der Waals surface area contributed by atoms with Crippen molar-refractivity contribution in [3.8, 4) is 0 Å². The van der Waals surface area contributed by atoms with Crippen molar-refractivity contribution in [1.29, 1.82) is 0 Å². The summed E-state index contributed by atoms with van der Waals surface area (Å²) in [6, 6.07) is 6.11. The molecule has 0 aliphatic heterocycles. The molecule has 0 fully saturated rings. The molecule has 128 valence electrons. The molecule has 0 N–H and O–H groups in total. The maximum Gasteiger partial charge on any atom is 0.262 e. The average Bonchev–Trinajstić information content (AvgIpc) is 2.99. The maximum atomic E-state index is 12.5. The number of aryl methyl sites for hydroxylation is 3. The molecular weight excluding hydrogens is 388 g/mol. The summed E-state index contributed by atoms with van der Waals surface area (Å²) in [6.45, 7) is 3.45. The van der Waals surface area contributed by atoms with Gasteiger partial charge in [0.25, 0.3) is 5.56 Å². The van der Waals surface area contributed by atoms with Crippen LogP contribution in [0, 0.1) is 0 Å². The highest BCUT2D eigenvalue weighted by Gasteiger charge is 2.09. The lowest BCUT2D eigenvalue weighted by molar-refractivity contribution is -0.698. The maximum absolute atomic E-state index is 12.5. The van der Waals surface area contributed by atoms with Gasteiger partial charge in [-0.25, -0.2) is 9.55 Å². The lowest BCUT2D eigenvalue weighted by atomic mass is 10.3. The van der Waals surface area contributed by atoms with Gasteiger partial charge < -0.3 is 21.9 Å². The van der Waals surface area contributed by atoms with Gasteiger partial charge in [-0.3, -0.25) is 9.36 Å². The molecule has 0 spiro atoms. The fourth-order valence-electron chi connectivity index (χ4n) is 2.46. The first-order valence-corrected chi connectivity index (χ1v) is 8.54. The molecule has 7 heteroatoms. The number of thiophene rings is 1. The van der Waals surface area contributed by atoms with Gasteiger partial charge in [-0.15, -0.1) is 11.3 Å². The van der Waals surface area contributed by atoms with Crippen LogP contribution >= 0.6 is 11.3 Å². The summed E-state index contributed by atoms with van der Waals surface area (Å²) in [6.07, 6.45) is 6.67. The van der Waals surface area contributed by atoms with Gasteiger partial charge in [-0.2, -0.15) is 0 Å². The van der Waals surface area contributed by atoms with Crippen LogP contribution in [-0.2, 0) is 19.5 Å². The monoisotopic (exact) mass is 408 g/mol. The zero-order chi connectivity index (χ0) is 16.4. The van der Waals surface area contributed by atoms with Crippen molar-refractivity contribution in [2.45, 2.75) is 26.4 Å². The van der Waals surface area contributed by atoms with E-state index in [1.807, 2.05) is 32.6 Å². The Morgan fingerprint density at radius 1 is 1.29 bits per heavy atom. The summed E-state index contributed by atoms with van der Waals surface area (Å²) >= 11 is 1.60. The number of pyridine rings is 1. The summed E-state index contributed by atoms with van der Waals surface area (Å²) in [4.78, 5) is 21.1. The van der Waals surface area contributed by atoms with Gasteiger partial charge in [0.15, 0.2) is 18.9 Å². The predicted octanol–water partition coefficient (Wildman–Crippen LogP) is -0.922. The molecule has 0 saturated carbocycles. The van der Waals surface area contributed by atoms with Crippen LogP contribution in [0.5, 0.6) is 0 Å². The van der Waals surface area contributed by atoms with Crippen LogP contribution in [0.3, 0.4) is 0 Å². The van der Waals surface area contributed by atoms with Crippen LogP contribution in [0.15, 0.2) is 41.7 Å². The Balaban J connectivity index is 0.00000208. The Morgan fingerprint density at radius 3 is 2.62 bits per heavy atom. The highest BCUT2D eigenvalue weighted by Crippen LogP contribution is 2.20. The number of anilines is 1. The predicted molar refractivity (Wildman–Crippen MR) is 94.2 cm³/mol. The van der Waals surface area contributed by atoms with Gasteiger partial charge in [-0.1, -0.05) is 6.92 Å². The number of aromatic nitrogens is 3. The molecule has 0 radical (unpaired) electrons. The minimum atomic E-state index is 0. The molecule has 5 nitrogen and oxygen atoms in total. The molecule has 3 aromatic heterocycles. The second-order valence-electron chi connectivity index (χ2n) is 5.72. The SMILES string of the molecule is CCc1cc2c(=O)n(CC[n+]3ccc(N(C)C)cc3)cnc2s1.[Br-]. The summed E-state index contributed by atoms with van der Waals surface area (Å²) in [5.74, 6) is 0. The van der Waals surface area contributed by atoms with Gasteiger partial charge in [0.2, 0.25) is 0 Å². The second-order valence-corrected chi connectivity index (χ2v) is 6.83. The Labute approximate surface area is 156 Å². The Morgan fingerprint density at radius 2 is 2.00 bits per heavy atom. The van der Waals surface area contributed by atoms with E-state index in [1.54, 1.807) is 22.2 Å². The third kappa shape index (κ3) is 3.84. The van der Waals surface area contributed by atoms with E-state index in [1.165, 1.54) is 4.88 Å². The number of rotatable bonds is 5. The van der Waals surface area contributed by atoms with E-state index in [0.717, 1.165) is 28.9 Å². The zero-order valence-electron chi connectivity index (χ0n) is 14.1. The average molecular weight is 409 g/mol. The van der Waals surface area contributed by atoms with E-state index in [-0.39, 0.29) is 22.5 Å². The van der Waals surface area contributed by atoms with Gasteiger partial charge in [0, 0.05) is 36.8 Å². The second kappa shape index (κ2) is 7.90. The van der Waals surface area contributed by atoms with Gasteiger partial charge >= 0.3 is 0 Å². The number of hydrogen-bond donors (Lipinski definition) is 0. The molecular formula is C17H21BrN4OS. The van der Waals surface area contributed by atoms with Gasteiger partial charge in [0.1, 0.15) is 4.83 Å². The number of hydrogen-bond acceptors (Lipinski definition) is 4. The molecule has 0 aromatic carbocycles. The normalized spacial score (nSPS) is 10.6. The van der Waals surface area contributed by atoms with Crippen LogP contribution in [-0.4, -0.2) is 23.6 Å². The van der Waals surface area contributed by atoms with E-state index in [4.69, 9.17) is 0 Å². The summed E-state index contributed by atoms with van der Waals surface area (Å²) in [5.41, 5.74) is 1.21. The lowest BCUT2D eigenvalue weighted by Crippen LogP contribution is -3.00. The minimum Gasteiger partial charge on any atom is -1.00 e. The van der Waals surface area contributed by atoms with E-state index in [0.29, 0.717) is 6.54 Å². The lowest BCUT2D eigenvalue weighted by Gasteiger charge is -2.10. The smallest absolute Gasteiger partial charge is 0.262 e. The molecule has 3 aromatic rings. The van der Waals surface area contributed by atoms with Crippen LogP contribution in [0.1, 0.15) is 11.8 Å². The Kier molecular flexibility index (Phi) is 6.12. The molecule has 0 atom stereocenters. The molecule has 0 unspecified atom stereocenters. The van der Waals surface area contributed by atoms with Crippen molar-refractivity contribution in [2.75, 3.05) is 19.0 Å².